The molecule has 0 bridgehead atoms. The van der Waals surface area contributed by atoms with Crippen LogP contribution in [0.1, 0.15) is 18.0 Å². The van der Waals surface area contributed by atoms with E-state index in [-0.39, 0.29) is 18.1 Å². The average molecular weight is 304 g/mol. The first-order valence-electron chi connectivity index (χ1n) is 5.74. The van der Waals surface area contributed by atoms with Gasteiger partial charge in [-0.2, -0.15) is 13.2 Å². The zero-order valence-electron chi connectivity index (χ0n) is 10.4. The lowest BCUT2D eigenvalue weighted by Crippen LogP contribution is -2.41. The quantitative estimate of drug-likeness (QED) is 0.863. The maximum atomic E-state index is 12.3. The second-order valence-electron chi connectivity index (χ2n) is 4.21. The van der Waals surface area contributed by atoms with Gasteiger partial charge in [0.2, 0.25) is 6.79 Å². The maximum absolute atomic E-state index is 12.3. The van der Waals surface area contributed by atoms with E-state index >= 15 is 0 Å². The number of carboxylic acid groups (broad SMARTS) is 1. The summed E-state index contributed by atoms with van der Waals surface area (Å²) in [5.74, 6) is -3.18. The van der Waals surface area contributed by atoms with Gasteiger partial charge in [-0.3, -0.25) is 4.79 Å². The van der Waals surface area contributed by atoms with Gasteiger partial charge in [-0.15, -0.1) is 0 Å². The minimum atomic E-state index is -5.11. The first-order chi connectivity index (χ1) is 9.77. The Labute approximate surface area is 116 Å². The van der Waals surface area contributed by atoms with Crippen molar-refractivity contribution in [2.45, 2.75) is 18.6 Å². The second-order valence-corrected chi connectivity index (χ2v) is 4.21. The molecule has 1 aliphatic heterocycles. The van der Waals surface area contributed by atoms with Crippen molar-refractivity contribution in [3.05, 3.63) is 23.8 Å². The highest BCUT2D eigenvalue weighted by Gasteiger charge is 2.40. The molecule has 0 fully saturated rings. The Kier molecular flexibility index (Phi) is 3.92. The normalized spacial score (nSPS) is 14.6. The molecule has 6 nitrogen and oxygen atoms in total. The number of hydrogen-bond donors (Lipinski definition) is 1. The smallest absolute Gasteiger partial charge is 0.471 e. The molecule has 0 unspecified atom stereocenters. The summed E-state index contributed by atoms with van der Waals surface area (Å²) in [6.07, 6.45) is -5.91. The molecular weight excluding hydrogens is 295 g/mol. The van der Waals surface area contributed by atoms with E-state index in [4.69, 9.17) is 9.47 Å². The van der Waals surface area contributed by atoms with Crippen LogP contribution in [0.15, 0.2) is 18.2 Å². The number of amides is 1. The summed E-state index contributed by atoms with van der Waals surface area (Å²) in [5, 5.41) is 12.3. The van der Waals surface area contributed by atoms with E-state index in [0.717, 1.165) is 0 Å². The molecule has 0 spiro atoms. The Balaban J connectivity index is 2.23. The van der Waals surface area contributed by atoms with Crippen molar-refractivity contribution in [1.29, 1.82) is 0 Å². The van der Waals surface area contributed by atoms with E-state index in [0.29, 0.717) is 5.75 Å². The summed E-state index contributed by atoms with van der Waals surface area (Å²) in [6.45, 7) is -0.0428. The zero-order valence-corrected chi connectivity index (χ0v) is 10.4. The topological polar surface area (TPSA) is 87.7 Å². The van der Waals surface area contributed by atoms with Crippen LogP contribution in [-0.2, 0) is 9.59 Å². The predicted octanol–water partition coefficient (Wildman–Crippen LogP) is 0.275. The Bertz CT molecular complexity index is 573. The van der Waals surface area contributed by atoms with Gasteiger partial charge < -0.3 is 24.7 Å². The Hall–Kier alpha value is -2.45. The molecule has 1 aliphatic rings. The van der Waals surface area contributed by atoms with Gasteiger partial charge in [-0.05, 0) is 17.7 Å². The fourth-order valence-corrected chi connectivity index (χ4v) is 1.79. The van der Waals surface area contributed by atoms with Gasteiger partial charge in [0.15, 0.2) is 11.5 Å². The van der Waals surface area contributed by atoms with Crippen LogP contribution in [-0.4, -0.2) is 24.8 Å². The molecule has 0 aliphatic carbocycles. The van der Waals surface area contributed by atoms with Gasteiger partial charge in [0.25, 0.3) is 0 Å². The van der Waals surface area contributed by atoms with Crippen LogP contribution in [0.2, 0.25) is 0 Å². The van der Waals surface area contributed by atoms with Crippen LogP contribution >= 0.6 is 0 Å². The van der Waals surface area contributed by atoms with Crippen molar-refractivity contribution in [1.82, 2.24) is 5.32 Å². The van der Waals surface area contributed by atoms with Crippen molar-refractivity contribution < 1.29 is 37.3 Å². The van der Waals surface area contributed by atoms with Crippen molar-refractivity contribution in [2.75, 3.05) is 6.79 Å². The highest BCUT2D eigenvalue weighted by molar-refractivity contribution is 5.82. The number of benzene rings is 1. The van der Waals surface area contributed by atoms with Crippen LogP contribution in [0.25, 0.3) is 0 Å². The SMILES string of the molecule is O=C([O-])C[C@H](NC(=O)C(F)(F)F)c1ccc2c(c1)OCO2. The number of fused-ring (bicyclic) bond motifs is 1. The number of ether oxygens (including phenoxy) is 2. The number of alkyl halides is 3. The Morgan fingerprint density at radius 1 is 1.29 bits per heavy atom. The van der Waals surface area contributed by atoms with Gasteiger partial charge in [0.05, 0.1) is 6.04 Å². The van der Waals surface area contributed by atoms with E-state index < -0.39 is 30.5 Å². The summed E-state index contributed by atoms with van der Waals surface area (Å²) in [7, 11) is 0. The third kappa shape index (κ3) is 3.56. The molecule has 21 heavy (non-hydrogen) atoms. The third-order valence-electron chi connectivity index (χ3n) is 2.73. The number of carboxylic acids is 1. The van der Waals surface area contributed by atoms with Crippen molar-refractivity contribution in [3.63, 3.8) is 0 Å². The highest BCUT2D eigenvalue weighted by Crippen LogP contribution is 2.35. The first kappa shape index (κ1) is 14.9. The molecule has 0 aromatic heterocycles. The van der Waals surface area contributed by atoms with Crippen LogP contribution in [0.3, 0.4) is 0 Å². The van der Waals surface area contributed by atoms with Crippen molar-refractivity contribution >= 4 is 11.9 Å². The summed E-state index contributed by atoms with van der Waals surface area (Å²) >= 11 is 0. The largest absolute Gasteiger partial charge is 0.550 e. The van der Waals surface area contributed by atoms with Crippen LogP contribution < -0.4 is 19.9 Å². The number of nitrogens with one attached hydrogen (secondary N) is 1. The molecule has 114 valence electrons. The average Bonchev–Trinajstić information content (AvgIpc) is 2.83. The fourth-order valence-electron chi connectivity index (χ4n) is 1.79. The number of aliphatic carboxylic acids is 1. The summed E-state index contributed by atoms with van der Waals surface area (Å²) in [6, 6.07) is 2.68. The molecule has 9 heteroatoms. The molecule has 1 aromatic carbocycles. The van der Waals surface area contributed by atoms with Crippen molar-refractivity contribution in [2.24, 2.45) is 0 Å². The van der Waals surface area contributed by atoms with Gasteiger partial charge in [-0.1, -0.05) is 6.07 Å². The van der Waals surface area contributed by atoms with E-state index in [1.807, 2.05) is 0 Å². The zero-order chi connectivity index (χ0) is 15.6. The predicted molar refractivity (Wildman–Crippen MR) is 59.1 cm³/mol. The van der Waals surface area contributed by atoms with E-state index in [1.54, 1.807) is 5.32 Å². The lowest BCUT2D eigenvalue weighted by molar-refractivity contribution is -0.306. The van der Waals surface area contributed by atoms with E-state index in [1.165, 1.54) is 18.2 Å². The number of carbonyl (C=O) groups is 2. The van der Waals surface area contributed by atoms with Gasteiger partial charge in [0.1, 0.15) is 0 Å². The second kappa shape index (κ2) is 5.51. The maximum Gasteiger partial charge on any atom is 0.471 e. The molecule has 2 rings (SSSR count). The number of rotatable bonds is 4. The lowest BCUT2D eigenvalue weighted by Gasteiger charge is -2.20. The van der Waals surface area contributed by atoms with Gasteiger partial charge in [0, 0.05) is 12.4 Å². The third-order valence-corrected chi connectivity index (χ3v) is 2.73. The molecule has 1 amide bonds. The summed E-state index contributed by atoms with van der Waals surface area (Å²) in [5.41, 5.74) is 0.140. The number of halogens is 3. The standard InChI is InChI=1S/C12H10F3NO5/c13-12(14,15)11(19)16-7(4-10(17)18)6-1-2-8-9(3-6)21-5-20-8/h1-3,7H,4-5H2,(H,16,19)(H,17,18)/p-1/t7-/m0/s1. The highest BCUT2D eigenvalue weighted by atomic mass is 19.4. The molecular formula is C12H9F3NO5-. The molecule has 1 heterocycles. The molecule has 0 saturated heterocycles. The lowest BCUT2D eigenvalue weighted by atomic mass is 10.0. The number of carbonyl (C=O) groups excluding carboxylic acids is 2. The first-order valence-corrected chi connectivity index (χ1v) is 5.74. The molecule has 1 aromatic rings. The van der Waals surface area contributed by atoms with E-state index in [2.05, 4.69) is 0 Å². The van der Waals surface area contributed by atoms with Gasteiger partial charge in [-0.25, -0.2) is 0 Å². The van der Waals surface area contributed by atoms with Crippen LogP contribution in [0.5, 0.6) is 11.5 Å². The number of hydrogen-bond acceptors (Lipinski definition) is 5. The van der Waals surface area contributed by atoms with Gasteiger partial charge >= 0.3 is 12.1 Å². The molecule has 1 atom stereocenters. The van der Waals surface area contributed by atoms with Crippen LogP contribution in [0.4, 0.5) is 13.2 Å². The minimum Gasteiger partial charge on any atom is -0.550 e. The minimum absolute atomic E-state index is 0.0428. The molecule has 0 saturated carbocycles. The van der Waals surface area contributed by atoms with Crippen LogP contribution in [0, 0.1) is 0 Å². The molecule has 0 radical (unpaired) electrons. The fraction of sp³-hybridized carbons (Fsp3) is 0.333. The van der Waals surface area contributed by atoms with Crippen molar-refractivity contribution in [3.8, 4) is 11.5 Å². The monoisotopic (exact) mass is 304 g/mol. The molecule has 1 N–H and O–H groups in total. The Morgan fingerprint density at radius 3 is 2.57 bits per heavy atom. The summed E-state index contributed by atoms with van der Waals surface area (Å²) in [4.78, 5) is 21.6. The summed E-state index contributed by atoms with van der Waals surface area (Å²) < 4.78 is 46.9. The van der Waals surface area contributed by atoms with E-state index in [9.17, 15) is 27.9 Å². The Morgan fingerprint density at radius 2 is 1.95 bits per heavy atom.